The summed E-state index contributed by atoms with van der Waals surface area (Å²) < 4.78 is 7.12. The van der Waals surface area contributed by atoms with Gasteiger partial charge in [-0.05, 0) is 101 Å². The van der Waals surface area contributed by atoms with Crippen LogP contribution in [-0.2, 0) is 22.6 Å². The lowest BCUT2D eigenvalue weighted by Gasteiger charge is -2.62. The maximum atomic E-state index is 14.2. The SMILES string of the molecule is COc1c(CN2O[C@@H](CO)[C@H]([C@H](C)O)[C@H]2C(=O)N[C@H]2C[C@H]3C[C@@H]([C@@H]2C)C3(C)C)cccc1-c1cc(C(=O)NCCc2ccc(Br)s2)cc(N(C)C)c1. The number of fused-ring (bicyclic) bond motifs is 2. The number of carbonyl (C=O) groups excluding carboxylic acids is 2. The zero-order chi connectivity index (χ0) is 37.5. The minimum Gasteiger partial charge on any atom is -0.496 e. The van der Waals surface area contributed by atoms with Gasteiger partial charge in [0.15, 0.2) is 0 Å². The van der Waals surface area contributed by atoms with Gasteiger partial charge in [0.25, 0.3) is 5.91 Å². The van der Waals surface area contributed by atoms with E-state index in [1.807, 2.05) is 61.5 Å². The second-order valence-corrected chi connectivity index (χ2v) is 18.2. The molecule has 282 valence electrons. The summed E-state index contributed by atoms with van der Waals surface area (Å²) in [6.07, 6.45) is 1.23. The number of nitrogens with zero attached hydrogens (tertiary/aromatic N) is 2. The van der Waals surface area contributed by atoms with E-state index in [1.54, 1.807) is 30.4 Å². The van der Waals surface area contributed by atoms with Gasteiger partial charge < -0.3 is 30.5 Å². The summed E-state index contributed by atoms with van der Waals surface area (Å²) >= 11 is 5.16. The normalized spacial score (nSPS) is 27.1. The fourth-order valence-corrected chi connectivity index (χ4v) is 10.4. The summed E-state index contributed by atoms with van der Waals surface area (Å²) in [6, 6.07) is 14.9. The number of nitrogens with one attached hydrogen (secondary N) is 2. The van der Waals surface area contributed by atoms with Crippen LogP contribution in [0.25, 0.3) is 11.1 Å². The van der Waals surface area contributed by atoms with Gasteiger partial charge >= 0.3 is 0 Å². The van der Waals surface area contributed by atoms with Gasteiger partial charge in [0.1, 0.15) is 17.9 Å². The van der Waals surface area contributed by atoms with E-state index in [9.17, 15) is 19.8 Å². The van der Waals surface area contributed by atoms with Crippen LogP contribution in [0, 0.1) is 29.1 Å². The Labute approximate surface area is 320 Å². The Kier molecular flexibility index (Phi) is 11.7. The summed E-state index contributed by atoms with van der Waals surface area (Å²) in [5.41, 5.74) is 4.03. The molecule has 52 heavy (non-hydrogen) atoms. The first-order chi connectivity index (χ1) is 24.7. The summed E-state index contributed by atoms with van der Waals surface area (Å²) in [5.74, 6) is 1.05. The van der Waals surface area contributed by atoms with E-state index in [0.29, 0.717) is 35.6 Å². The molecule has 2 amide bonds. The summed E-state index contributed by atoms with van der Waals surface area (Å²) in [4.78, 5) is 37.1. The van der Waals surface area contributed by atoms with Crippen LogP contribution in [0.15, 0.2) is 52.3 Å². The van der Waals surface area contributed by atoms with E-state index < -0.39 is 24.2 Å². The van der Waals surface area contributed by atoms with Crippen LogP contribution in [0.3, 0.4) is 0 Å². The van der Waals surface area contributed by atoms with E-state index >= 15 is 0 Å². The zero-order valence-corrected chi connectivity index (χ0v) is 33.6. The number of aliphatic hydroxyl groups excluding tert-OH is 2. The molecular formula is C40H53BrN4O6S. The summed E-state index contributed by atoms with van der Waals surface area (Å²) in [7, 11) is 5.48. The van der Waals surface area contributed by atoms with Crippen LogP contribution in [0.2, 0.25) is 0 Å². The Balaban J connectivity index is 1.26. The molecule has 3 aromatic rings. The lowest BCUT2D eigenvalue weighted by molar-refractivity contribution is -0.183. The number of hydrogen-bond acceptors (Lipinski definition) is 9. The molecular weight excluding hydrogens is 744 g/mol. The number of halogens is 1. The number of amides is 2. The first-order valence-electron chi connectivity index (χ1n) is 18.3. The molecule has 10 nitrogen and oxygen atoms in total. The number of benzene rings is 2. The maximum Gasteiger partial charge on any atom is 0.251 e. The smallest absolute Gasteiger partial charge is 0.251 e. The van der Waals surface area contributed by atoms with Crippen molar-refractivity contribution in [1.82, 2.24) is 15.7 Å². The van der Waals surface area contributed by atoms with Gasteiger partial charge in [-0.25, -0.2) is 0 Å². The predicted octanol–water partition coefficient (Wildman–Crippen LogP) is 5.89. The number of anilines is 1. The van der Waals surface area contributed by atoms with E-state index in [0.717, 1.165) is 39.0 Å². The van der Waals surface area contributed by atoms with Crippen LogP contribution >= 0.6 is 27.3 Å². The first-order valence-corrected chi connectivity index (χ1v) is 19.9. The number of thiophene rings is 1. The van der Waals surface area contributed by atoms with Gasteiger partial charge in [-0.3, -0.25) is 14.4 Å². The van der Waals surface area contributed by atoms with Gasteiger partial charge in [-0.15, -0.1) is 11.3 Å². The van der Waals surface area contributed by atoms with E-state index in [2.05, 4.69) is 53.4 Å². The van der Waals surface area contributed by atoms with Crippen molar-refractivity contribution in [3.63, 3.8) is 0 Å². The number of hydrogen-bond donors (Lipinski definition) is 4. The Morgan fingerprint density at radius 1 is 1.17 bits per heavy atom. The first kappa shape index (κ1) is 38.7. The van der Waals surface area contributed by atoms with Crippen molar-refractivity contribution in [2.45, 2.75) is 77.8 Å². The largest absolute Gasteiger partial charge is 0.496 e. The van der Waals surface area contributed by atoms with Gasteiger partial charge in [-0.2, -0.15) is 5.06 Å². The molecule has 1 aliphatic heterocycles. The van der Waals surface area contributed by atoms with Crippen molar-refractivity contribution >= 4 is 44.8 Å². The number of methoxy groups -OCH3 is 1. The quantitative estimate of drug-likeness (QED) is 0.169. The minimum atomic E-state index is -0.896. The van der Waals surface area contributed by atoms with E-state index in [4.69, 9.17) is 9.57 Å². The number of ether oxygens (including phenoxy) is 1. The molecule has 2 heterocycles. The minimum absolute atomic E-state index is 0.0417. The monoisotopic (exact) mass is 796 g/mol. The fourth-order valence-electron chi connectivity index (χ4n) is 8.87. The zero-order valence-electron chi connectivity index (χ0n) is 31.2. The molecule has 3 aliphatic carbocycles. The molecule has 3 saturated carbocycles. The molecule has 0 unspecified atom stereocenters. The second kappa shape index (κ2) is 15.8. The number of rotatable bonds is 13. The average Bonchev–Trinajstić information content (AvgIpc) is 3.71. The molecule has 4 N–H and O–H groups in total. The van der Waals surface area contributed by atoms with Crippen LogP contribution in [0.4, 0.5) is 5.69 Å². The number of carbonyl (C=O) groups is 2. The van der Waals surface area contributed by atoms with Gasteiger partial charge in [0.2, 0.25) is 5.91 Å². The topological polar surface area (TPSA) is 124 Å². The van der Waals surface area contributed by atoms with Crippen LogP contribution < -0.4 is 20.3 Å². The molecule has 12 heteroatoms. The molecule has 8 atom stereocenters. The molecule has 0 spiro atoms. The Morgan fingerprint density at radius 2 is 1.94 bits per heavy atom. The molecule has 1 saturated heterocycles. The third kappa shape index (κ3) is 7.65. The number of aliphatic hydroxyl groups is 2. The van der Waals surface area contributed by atoms with E-state index in [1.165, 1.54) is 11.3 Å². The van der Waals surface area contributed by atoms with Gasteiger partial charge in [-0.1, -0.05) is 39.0 Å². The lowest BCUT2D eigenvalue weighted by atomic mass is 9.45. The average molecular weight is 798 g/mol. The van der Waals surface area contributed by atoms with Gasteiger partial charge in [0, 0.05) is 59.9 Å². The molecule has 1 aromatic heterocycles. The molecule has 4 fully saturated rings. The third-order valence-corrected chi connectivity index (χ3v) is 13.7. The highest BCUT2D eigenvalue weighted by atomic mass is 79.9. The number of para-hydroxylation sites is 1. The molecule has 2 aromatic carbocycles. The van der Waals surface area contributed by atoms with E-state index in [-0.39, 0.29) is 36.4 Å². The molecule has 4 aliphatic rings. The van der Waals surface area contributed by atoms with Crippen molar-refractivity contribution in [1.29, 1.82) is 0 Å². The Morgan fingerprint density at radius 3 is 2.56 bits per heavy atom. The fraction of sp³-hybridized carbons (Fsp3) is 0.550. The Hall–Kier alpha value is -3.00. The van der Waals surface area contributed by atoms with Crippen LogP contribution in [-0.4, -0.2) is 85.7 Å². The molecule has 2 bridgehead atoms. The molecule has 7 rings (SSSR count). The Bertz CT molecular complexity index is 1760. The maximum absolute atomic E-state index is 14.2. The highest BCUT2D eigenvalue weighted by Crippen LogP contribution is 2.61. The summed E-state index contributed by atoms with van der Waals surface area (Å²) in [5, 5.41) is 29.3. The standard InChI is InChI=1S/C40H53BrN4O6S/c1-22-31-18-27(40(31,3)4)19-32(22)43-39(49)36-35(23(2)47)33(21-46)51-45(36)20-24-9-8-10-30(37(24)50-7)25-15-26(17-28(16-25)44(5)6)38(48)42-14-13-29-11-12-34(41)52-29/h8-12,15-17,22-23,27,31-33,35-36,46-47H,13-14,18-21H2,1-7H3,(H,42,48)(H,43,49)/t22-,23-,27+,31-,32-,33-,35-,36-/m0/s1. The highest BCUT2D eigenvalue weighted by Gasteiger charge is 2.57. The van der Waals surface area contributed by atoms with Crippen LogP contribution in [0.1, 0.15) is 61.3 Å². The second-order valence-electron chi connectivity index (χ2n) is 15.6. The predicted molar refractivity (Wildman–Crippen MR) is 208 cm³/mol. The molecule has 0 radical (unpaired) electrons. The van der Waals surface area contributed by atoms with Gasteiger partial charge in [0.05, 0.1) is 30.2 Å². The third-order valence-electron chi connectivity index (χ3n) is 12.0. The number of hydroxylamine groups is 2. The van der Waals surface area contributed by atoms with Crippen molar-refractivity contribution in [2.24, 2.45) is 29.1 Å². The lowest BCUT2D eigenvalue weighted by Crippen LogP contribution is -2.62. The summed E-state index contributed by atoms with van der Waals surface area (Å²) in [6.45, 7) is 8.91. The van der Waals surface area contributed by atoms with Crippen molar-refractivity contribution < 1.29 is 29.4 Å². The van der Waals surface area contributed by atoms with Crippen LogP contribution in [0.5, 0.6) is 5.75 Å². The van der Waals surface area contributed by atoms with Crippen molar-refractivity contribution in [2.75, 3.05) is 39.3 Å². The van der Waals surface area contributed by atoms with Crippen molar-refractivity contribution in [3.8, 4) is 16.9 Å². The van der Waals surface area contributed by atoms with Crippen molar-refractivity contribution in [3.05, 3.63) is 68.3 Å². The highest BCUT2D eigenvalue weighted by molar-refractivity contribution is 9.11.